The minimum Gasteiger partial charge on any atom is -0.450 e. The number of fused-ring (bicyclic) bond motifs is 1. The molecular weight excluding hydrogens is 646 g/mol. The topological polar surface area (TPSA) is 283 Å². The molecule has 0 bridgehead atoms. The van der Waals surface area contributed by atoms with Gasteiger partial charge in [-0.3, -0.25) is 0 Å². The molecule has 3 aliphatic heterocycles. The van der Waals surface area contributed by atoms with Crippen LogP contribution in [0.1, 0.15) is 13.3 Å². The molecule has 0 aromatic rings. The summed E-state index contributed by atoms with van der Waals surface area (Å²) in [7, 11) is 0. The van der Waals surface area contributed by atoms with E-state index in [1.807, 2.05) is 0 Å². The molecular formula is C27H47N7O14. The molecule has 0 radical (unpaired) electrons. The third-order valence-corrected chi connectivity index (χ3v) is 7.31. The highest BCUT2D eigenvalue weighted by Crippen LogP contribution is 2.33. The molecule has 0 aromatic heterocycles. The van der Waals surface area contributed by atoms with Gasteiger partial charge in [-0.1, -0.05) is 10.2 Å². The van der Waals surface area contributed by atoms with E-state index < -0.39 is 68.0 Å². The maximum absolute atomic E-state index is 11.2. The number of hydrogen-bond acceptors (Lipinski definition) is 17. The van der Waals surface area contributed by atoms with Crippen LogP contribution in [-0.4, -0.2) is 180 Å². The van der Waals surface area contributed by atoms with Crippen LogP contribution in [0.4, 0.5) is 0 Å². The van der Waals surface area contributed by atoms with Gasteiger partial charge in [-0.25, -0.2) is 4.99 Å². The van der Waals surface area contributed by atoms with Crippen LogP contribution >= 0.6 is 0 Å². The second-order valence-electron chi connectivity index (χ2n) is 10.7. The minimum absolute atomic E-state index is 0.0130. The Morgan fingerprint density at radius 2 is 1.33 bits per heavy atom. The third kappa shape index (κ3) is 13.1. The molecule has 274 valence electrons. The standard InChI is InChI=1S/C27H47N7O14/c1-17-32-20-22(37)24(18(15-35)46-26(20)45-17)48-27-23(38)25(44-14-13-40-6-2-5-39-7-3-30-33-28)21(36)19(47-27)16-43-12-11-42-10-9-41-8-4-31-34-29/h18-27,35-38H,2-16H2,1H3/t18?,19?,20?,21-,22-,23?,24-,25+,26+,27+/m1/s1. The van der Waals surface area contributed by atoms with Crippen LogP contribution in [0.15, 0.2) is 15.2 Å². The molecule has 21 nitrogen and oxygen atoms in total. The molecule has 0 amide bonds. The van der Waals surface area contributed by atoms with Gasteiger partial charge in [0.1, 0.15) is 48.8 Å². The van der Waals surface area contributed by atoms with Gasteiger partial charge in [0.05, 0.1) is 66.1 Å². The van der Waals surface area contributed by atoms with Crippen molar-refractivity contribution < 1.29 is 67.8 Å². The number of aliphatic hydroxyl groups excluding tert-OH is 4. The zero-order valence-corrected chi connectivity index (χ0v) is 26.9. The normalized spacial score (nSPS) is 31.3. The van der Waals surface area contributed by atoms with Crippen molar-refractivity contribution in [2.45, 2.75) is 74.7 Å². The summed E-state index contributed by atoms with van der Waals surface area (Å²) in [5, 5.41) is 50.1. The second-order valence-corrected chi connectivity index (χ2v) is 10.7. The second kappa shape index (κ2) is 23.1. The quantitative estimate of drug-likeness (QED) is 0.0394. The summed E-state index contributed by atoms with van der Waals surface area (Å²) >= 11 is 0. The highest BCUT2D eigenvalue weighted by Gasteiger charge is 2.53. The maximum atomic E-state index is 11.2. The Morgan fingerprint density at radius 1 is 0.729 bits per heavy atom. The van der Waals surface area contributed by atoms with E-state index in [-0.39, 0.29) is 52.7 Å². The SMILES string of the molecule is CC1=NC2[C@@H](O1)OC(CO)[C@@H](O[C@@H]1OC(COCCOCCOCCN=[N+]=[N-])[C@@H](O)[C@H](OCCOCCCOCCN=[N+]=[N-])C1O)[C@@H]2O. The number of rotatable bonds is 25. The van der Waals surface area contributed by atoms with Crippen molar-refractivity contribution in [2.24, 2.45) is 15.2 Å². The summed E-state index contributed by atoms with van der Waals surface area (Å²) in [6, 6.07) is -0.819. The van der Waals surface area contributed by atoms with Crippen LogP contribution < -0.4 is 0 Å². The van der Waals surface area contributed by atoms with E-state index >= 15 is 0 Å². The number of hydrogen-bond donors (Lipinski definition) is 4. The van der Waals surface area contributed by atoms with Gasteiger partial charge in [-0.15, -0.1) is 0 Å². The van der Waals surface area contributed by atoms with Crippen LogP contribution in [-0.2, 0) is 47.4 Å². The Balaban J connectivity index is 1.51. The Bertz CT molecular complexity index is 1040. The van der Waals surface area contributed by atoms with Crippen molar-refractivity contribution in [3.63, 3.8) is 0 Å². The first-order chi connectivity index (χ1) is 23.4. The van der Waals surface area contributed by atoms with Gasteiger partial charge in [0.15, 0.2) is 12.2 Å². The van der Waals surface area contributed by atoms with E-state index in [0.717, 1.165) is 0 Å². The molecule has 3 aliphatic rings. The fraction of sp³-hybridized carbons (Fsp3) is 0.963. The average Bonchev–Trinajstić information content (AvgIpc) is 3.46. The molecule has 2 fully saturated rings. The number of aliphatic hydroxyl groups is 4. The minimum atomic E-state index is -1.52. The first-order valence-electron chi connectivity index (χ1n) is 15.8. The summed E-state index contributed by atoms with van der Waals surface area (Å²) in [6.45, 7) is 3.96. The molecule has 4 unspecified atom stereocenters. The summed E-state index contributed by atoms with van der Waals surface area (Å²) in [6.07, 6.45) is -10.3. The number of aliphatic imine (C=N–C) groups is 1. The first kappa shape index (κ1) is 40.0. The van der Waals surface area contributed by atoms with E-state index in [0.29, 0.717) is 45.4 Å². The monoisotopic (exact) mass is 693 g/mol. The summed E-state index contributed by atoms with van der Waals surface area (Å²) in [4.78, 5) is 9.53. The highest BCUT2D eigenvalue weighted by atomic mass is 16.7. The van der Waals surface area contributed by atoms with Crippen LogP contribution in [0, 0.1) is 0 Å². The lowest BCUT2D eigenvalue weighted by Gasteiger charge is -2.46. The average molecular weight is 694 g/mol. The van der Waals surface area contributed by atoms with Gasteiger partial charge in [0, 0.05) is 43.1 Å². The molecule has 0 saturated carbocycles. The molecule has 0 aliphatic carbocycles. The molecule has 10 atom stereocenters. The van der Waals surface area contributed by atoms with E-state index in [1.54, 1.807) is 6.92 Å². The van der Waals surface area contributed by atoms with Crippen LogP contribution in [0.2, 0.25) is 0 Å². The van der Waals surface area contributed by atoms with Crippen molar-refractivity contribution >= 4 is 5.90 Å². The Hall–Kier alpha value is -2.43. The van der Waals surface area contributed by atoms with E-state index in [1.165, 1.54) is 0 Å². The van der Waals surface area contributed by atoms with Crippen molar-refractivity contribution in [3.8, 4) is 0 Å². The lowest BCUT2D eigenvalue weighted by atomic mass is 9.96. The van der Waals surface area contributed by atoms with E-state index in [9.17, 15) is 20.4 Å². The fourth-order valence-electron chi connectivity index (χ4n) is 5.02. The van der Waals surface area contributed by atoms with Crippen LogP contribution in [0.25, 0.3) is 20.9 Å². The van der Waals surface area contributed by atoms with E-state index in [2.05, 4.69) is 25.0 Å². The zero-order valence-electron chi connectivity index (χ0n) is 26.9. The lowest BCUT2D eigenvalue weighted by Crippen LogP contribution is -2.64. The molecule has 0 aromatic carbocycles. The molecule has 48 heavy (non-hydrogen) atoms. The fourth-order valence-corrected chi connectivity index (χ4v) is 5.02. The van der Waals surface area contributed by atoms with Crippen molar-refractivity contribution in [3.05, 3.63) is 20.9 Å². The van der Waals surface area contributed by atoms with Gasteiger partial charge < -0.3 is 67.8 Å². The van der Waals surface area contributed by atoms with E-state index in [4.69, 9.17) is 58.4 Å². The predicted octanol–water partition coefficient (Wildman–Crippen LogP) is -0.807. The van der Waals surface area contributed by atoms with Gasteiger partial charge >= 0.3 is 0 Å². The maximum Gasteiger partial charge on any atom is 0.227 e. The number of azide groups is 2. The Labute approximate surface area is 277 Å². The highest BCUT2D eigenvalue weighted by molar-refractivity contribution is 5.75. The van der Waals surface area contributed by atoms with Gasteiger partial charge in [-0.2, -0.15) is 0 Å². The third-order valence-electron chi connectivity index (χ3n) is 7.31. The van der Waals surface area contributed by atoms with Crippen LogP contribution in [0.3, 0.4) is 0 Å². The predicted molar refractivity (Wildman–Crippen MR) is 162 cm³/mol. The molecule has 2 saturated heterocycles. The molecule has 21 heteroatoms. The largest absolute Gasteiger partial charge is 0.450 e. The first-order valence-corrected chi connectivity index (χ1v) is 15.8. The molecule has 3 heterocycles. The van der Waals surface area contributed by atoms with Crippen LogP contribution in [0.5, 0.6) is 0 Å². The summed E-state index contributed by atoms with van der Waals surface area (Å²) in [5.74, 6) is 0.311. The smallest absolute Gasteiger partial charge is 0.227 e. The summed E-state index contributed by atoms with van der Waals surface area (Å²) in [5.41, 5.74) is 16.5. The lowest BCUT2D eigenvalue weighted by molar-refractivity contribution is -0.346. The molecule has 4 N–H and O–H groups in total. The van der Waals surface area contributed by atoms with Crippen molar-refractivity contribution in [1.82, 2.24) is 0 Å². The van der Waals surface area contributed by atoms with Gasteiger partial charge in [0.2, 0.25) is 6.29 Å². The van der Waals surface area contributed by atoms with Crippen molar-refractivity contribution in [1.29, 1.82) is 0 Å². The molecule has 0 spiro atoms. The van der Waals surface area contributed by atoms with Gasteiger partial charge in [0.25, 0.3) is 0 Å². The Morgan fingerprint density at radius 3 is 2.00 bits per heavy atom. The van der Waals surface area contributed by atoms with Gasteiger partial charge in [-0.05, 0) is 17.5 Å². The number of ether oxygens (including phenoxy) is 10. The molecule has 3 rings (SSSR count). The summed E-state index contributed by atoms with van der Waals surface area (Å²) < 4.78 is 56.2. The number of nitrogens with zero attached hydrogens (tertiary/aromatic N) is 7. The zero-order chi connectivity index (χ0) is 34.6. The van der Waals surface area contributed by atoms with Crippen molar-refractivity contribution in [2.75, 3.05) is 92.4 Å². The Kier molecular flexibility index (Phi) is 19.2.